The first-order valence-electron chi connectivity index (χ1n) is 10.3. The average molecular weight is 480 g/mol. The number of halogens is 1. The fraction of sp³-hybridized carbons (Fsp3) is 0.217. The van der Waals surface area contributed by atoms with E-state index in [-0.39, 0.29) is 29.6 Å². The number of aliphatic imine (C=N–C) groups is 1. The molecule has 3 aromatic rings. The number of nitrogens with zero attached hydrogens (tertiary/aromatic N) is 7. The lowest BCUT2D eigenvalue weighted by Crippen LogP contribution is -2.37. The molecule has 0 spiro atoms. The molecule has 0 radical (unpaired) electrons. The summed E-state index contributed by atoms with van der Waals surface area (Å²) >= 11 is 0. The van der Waals surface area contributed by atoms with E-state index in [0.29, 0.717) is 17.1 Å². The topological polar surface area (TPSA) is 129 Å². The van der Waals surface area contributed by atoms with Crippen molar-refractivity contribution in [2.45, 2.75) is 0 Å². The molecule has 0 saturated heterocycles. The lowest BCUT2D eigenvalue weighted by molar-refractivity contribution is 0.374. The van der Waals surface area contributed by atoms with Gasteiger partial charge in [0.2, 0.25) is 0 Å². The highest BCUT2D eigenvalue weighted by Gasteiger charge is 2.19. The number of aromatic nitrogens is 4. The molecule has 3 rings (SSSR count). The Bertz CT molecular complexity index is 1270. The third kappa shape index (κ3) is 5.66. The van der Waals surface area contributed by atoms with Crippen molar-refractivity contribution in [3.63, 3.8) is 0 Å². The molecular weight excluding hydrogens is 453 g/mol. The predicted octanol–water partition coefficient (Wildman–Crippen LogP) is 3.36. The Hall–Kier alpha value is -4.61. The number of amidine groups is 1. The van der Waals surface area contributed by atoms with Crippen molar-refractivity contribution in [2.75, 3.05) is 32.7 Å². The molecule has 0 aliphatic carbocycles. The van der Waals surface area contributed by atoms with Gasteiger partial charge in [0.15, 0.2) is 17.4 Å². The molecule has 0 fully saturated rings. The van der Waals surface area contributed by atoms with Crippen LogP contribution in [0.15, 0.2) is 42.3 Å². The van der Waals surface area contributed by atoms with Gasteiger partial charge in [-0.05, 0) is 6.08 Å². The second kappa shape index (κ2) is 11.0. The number of rotatable bonds is 10. The maximum absolute atomic E-state index is 15.3. The number of hydrogen-bond donors (Lipinski definition) is 2. The number of methoxy groups -OCH3 is 2. The summed E-state index contributed by atoms with van der Waals surface area (Å²) in [6, 6.07) is 2.88. The van der Waals surface area contributed by atoms with Crippen molar-refractivity contribution < 1.29 is 13.9 Å². The van der Waals surface area contributed by atoms with Crippen molar-refractivity contribution in [1.29, 1.82) is 10.8 Å². The number of aryl methyl sites for hydroxylation is 1. The van der Waals surface area contributed by atoms with Crippen LogP contribution in [0.2, 0.25) is 0 Å². The van der Waals surface area contributed by atoms with Crippen LogP contribution in [0.3, 0.4) is 0 Å². The molecule has 0 amide bonds. The molecule has 11 nitrogen and oxygen atoms in total. The van der Waals surface area contributed by atoms with Gasteiger partial charge in [0, 0.05) is 38.0 Å². The van der Waals surface area contributed by atoms with Crippen LogP contribution in [-0.4, -0.2) is 71.0 Å². The van der Waals surface area contributed by atoms with E-state index in [0.717, 1.165) is 11.9 Å². The molecule has 35 heavy (non-hydrogen) atoms. The zero-order valence-corrected chi connectivity index (χ0v) is 19.9. The number of ether oxygens (including phenoxy) is 2. The molecule has 1 aromatic carbocycles. The monoisotopic (exact) mass is 479 g/mol. The Morgan fingerprint density at radius 1 is 1.29 bits per heavy atom. The molecule has 0 unspecified atom stereocenters. The Morgan fingerprint density at radius 3 is 2.66 bits per heavy atom. The van der Waals surface area contributed by atoms with Gasteiger partial charge >= 0.3 is 0 Å². The van der Waals surface area contributed by atoms with Crippen LogP contribution >= 0.6 is 0 Å². The first-order valence-corrected chi connectivity index (χ1v) is 10.3. The molecule has 12 heteroatoms. The van der Waals surface area contributed by atoms with E-state index in [4.69, 9.17) is 20.3 Å². The Kier molecular flexibility index (Phi) is 7.87. The van der Waals surface area contributed by atoms with E-state index in [1.165, 1.54) is 48.6 Å². The van der Waals surface area contributed by atoms with E-state index in [2.05, 4.69) is 26.6 Å². The van der Waals surface area contributed by atoms with Crippen molar-refractivity contribution >= 4 is 36.1 Å². The summed E-state index contributed by atoms with van der Waals surface area (Å²) in [6.07, 6.45) is 8.88. The van der Waals surface area contributed by atoms with E-state index < -0.39 is 5.82 Å². The Labute approximate surface area is 202 Å². The van der Waals surface area contributed by atoms with Gasteiger partial charge < -0.3 is 19.3 Å². The summed E-state index contributed by atoms with van der Waals surface area (Å²) in [7, 11) is 6.14. The van der Waals surface area contributed by atoms with Gasteiger partial charge in [-0.15, -0.1) is 0 Å². The molecule has 0 bridgehead atoms. The van der Waals surface area contributed by atoms with Gasteiger partial charge in [0.05, 0.1) is 57.2 Å². The first-order chi connectivity index (χ1) is 16.8. The number of anilines is 1. The van der Waals surface area contributed by atoms with Gasteiger partial charge in [0.25, 0.3) is 0 Å². The standard InChI is InChI=1S/C23H26FN9O2/c1-6-17-23(30-18(10-27-17)15-9-29-32(3)11-15)28-14-33(12-21(26)31(2)13-25)19-7-16(34-4)8-20(35-5)22(19)24/h6-11,13-14,25-26H,1,12H2,2-5H3/b25-13?,26-21?,28-14+. The molecule has 0 aliphatic heterocycles. The highest BCUT2D eigenvalue weighted by Crippen LogP contribution is 2.33. The number of benzene rings is 1. The lowest BCUT2D eigenvalue weighted by atomic mass is 10.2. The first kappa shape index (κ1) is 25.0. The van der Waals surface area contributed by atoms with Gasteiger partial charge in [-0.25, -0.2) is 14.4 Å². The van der Waals surface area contributed by atoms with Gasteiger partial charge in [-0.2, -0.15) is 5.10 Å². The van der Waals surface area contributed by atoms with Gasteiger partial charge in [0.1, 0.15) is 17.3 Å². The van der Waals surface area contributed by atoms with Crippen LogP contribution in [0.25, 0.3) is 17.3 Å². The van der Waals surface area contributed by atoms with Crippen LogP contribution in [-0.2, 0) is 7.05 Å². The third-order valence-corrected chi connectivity index (χ3v) is 4.99. The highest BCUT2D eigenvalue weighted by molar-refractivity contribution is 5.97. The largest absolute Gasteiger partial charge is 0.497 e. The summed E-state index contributed by atoms with van der Waals surface area (Å²) in [5, 5.41) is 19.8. The minimum atomic E-state index is -0.663. The molecular formula is C23H26FN9O2. The van der Waals surface area contributed by atoms with Gasteiger partial charge in [-0.3, -0.25) is 20.5 Å². The number of nitrogens with one attached hydrogen (secondary N) is 2. The second-order valence-corrected chi connectivity index (χ2v) is 7.29. The van der Waals surface area contributed by atoms with Crippen LogP contribution in [0.1, 0.15) is 5.69 Å². The summed E-state index contributed by atoms with van der Waals surface area (Å²) in [5.41, 5.74) is 1.78. The summed E-state index contributed by atoms with van der Waals surface area (Å²) in [4.78, 5) is 16.1. The zero-order chi connectivity index (χ0) is 25.5. The molecule has 0 saturated carbocycles. The maximum atomic E-state index is 15.3. The van der Waals surface area contributed by atoms with Crippen molar-refractivity contribution in [3.05, 3.63) is 48.8 Å². The van der Waals surface area contributed by atoms with Crippen molar-refractivity contribution in [1.82, 2.24) is 24.6 Å². The maximum Gasteiger partial charge on any atom is 0.188 e. The van der Waals surface area contributed by atoms with Crippen molar-refractivity contribution in [3.8, 4) is 22.8 Å². The minimum absolute atomic E-state index is 0.0202. The van der Waals surface area contributed by atoms with E-state index >= 15 is 4.39 Å². The predicted molar refractivity (Wildman–Crippen MR) is 134 cm³/mol. The minimum Gasteiger partial charge on any atom is -0.497 e. The SMILES string of the molecule is C=Cc1ncc(-c2cnn(C)c2)nc1/N=C/N(CC(=N)N(C)C=N)c1cc(OC)cc(OC)c1F. The van der Waals surface area contributed by atoms with Crippen LogP contribution in [0.5, 0.6) is 11.5 Å². The van der Waals surface area contributed by atoms with Crippen LogP contribution < -0.4 is 14.4 Å². The average Bonchev–Trinajstić information content (AvgIpc) is 3.32. The third-order valence-electron chi connectivity index (χ3n) is 4.99. The molecule has 0 aliphatic rings. The molecule has 0 atom stereocenters. The molecule has 2 heterocycles. The van der Waals surface area contributed by atoms with E-state index in [1.807, 2.05) is 0 Å². The smallest absolute Gasteiger partial charge is 0.188 e. The van der Waals surface area contributed by atoms with Crippen LogP contribution in [0.4, 0.5) is 15.9 Å². The summed E-state index contributed by atoms with van der Waals surface area (Å²) < 4.78 is 27.3. The molecule has 2 aromatic heterocycles. The zero-order valence-electron chi connectivity index (χ0n) is 19.9. The number of likely N-dealkylation sites (N-methyl/N-ethyl adjacent to an activating group) is 1. The van der Waals surface area contributed by atoms with Gasteiger partial charge in [-0.1, -0.05) is 6.58 Å². The van der Waals surface area contributed by atoms with Crippen molar-refractivity contribution in [2.24, 2.45) is 12.0 Å². The summed E-state index contributed by atoms with van der Waals surface area (Å²) in [6.45, 7) is 3.65. The highest BCUT2D eigenvalue weighted by atomic mass is 19.1. The quantitative estimate of drug-likeness (QED) is 0.337. The number of hydrogen-bond acceptors (Lipinski definition) is 8. The molecule has 2 N–H and O–H groups in total. The Balaban J connectivity index is 2.09. The van der Waals surface area contributed by atoms with E-state index in [1.54, 1.807) is 37.4 Å². The fourth-order valence-electron chi connectivity index (χ4n) is 3.02. The Morgan fingerprint density at radius 2 is 2.06 bits per heavy atom. The second-order valence-electron chi connectivity index (χ2n) is 7.29. The lowest BCUT2D eigenvalue weighted by Gasteiger charge is -2.24. The summed E-state index contributed by atoms with van der Waals surface area (Å²) in [5.74, 6) is -0.0758. The fourth-order valence-corrected chi connectivity index (χ4v) is 3.02. The normalized spacial score (nSPS) is 10.8. The van der Waals surface area contributed by atoms with E-state index in [9.17, 15) is 0 Å². The molecule has 182 valence electrons. The van der Waals surface area contributed by atoms with Crippen LogP contribution in [0, 0.1) is 16.6 Å².